The average Bonchev–Trinajstić information content (AvgIpc) is 3.19. The summed E-state index contributed by atoms with van der Waals surface area (Å²) in [5.74, 6) is -0.376. The number of carbonyl (C=O) groups excluding carboxylic acids is 1. The second-order valence-corrected chi connectivity index (χ2v) is 12.3. The van der Waals surface area contributed by atoms with Crippen molar-refractivity contribution in [3.8, 4) is 0 Å². The third-order valence-corrected chi connectivity index (χ3v) is 10.6. The van der Waals surface area contributed by atoms with E-state index in [-0.39, 0.29) is 23.1 Å². The average molecular weight is 471 g/mol. The van der Waals surface area contributed by atoms with Crippen molar-refractivity contribution in [3.05, 3.63) is 52.2 Å². The molecule has 1 saturated heterocycles. The minimum Gasteiger partial charge on any atom is -0.338 e. The molecule has 0 bridgehead atoms. The topological polar surface area (TPSA) is 91.8 Å². The monoisotopic (exact) mass is 470 g/mol. The fraction of sp³-hybridized carbons (Fsp3) is 0.450. The Morgan fingerprint density at radius 1 is 1.13 bits per heavy atom. The van der Waals surface area contributed by atoms with Crippen molar-refractivity contribution < 1.29 is 21.6 Å². The fourth-order valence-electron chi connectivity index (χ4n) is 3.61. The molecular weight excluding hydrogens is 444 g/mol. The number of nitrogens with zero attached hydrogens (tertiary/aromatic N) is 2. The lowest BCUT2D eigenvalue weighted by Gasteiger charge is -2.21. The molecule has 2 heterocycles. The van der Waals surface area contributed by atoms with E-state index < -0.39 is 25.1 Å². The molecule has 1 aliphatic heterocycles. The minimum atomic E-state index is -3.59. The molecule has 1 fully saturated rings. The second-order valence-electron chi connectivity index (χ2n) is 7.07. The first kappa shape index (κ1) is 22.9. The van der Waals surface area contributed by atoms with Crippen LogP contribution < -0.4 is 0 Å². The zero-order chi connectivity index (χ0) is 21.9. The zero-order valence-corrected chi connectivity index (χ0v) is 19.5. The summed E-state index contributed by atoms with van der Waals surface area (Å²) in [6.45, 7) is 4.74. The van der Waals surface area contributed by atoms with Crippen LogP contribution >= 0.6 is 11.3 Å². The molecule has 1 aromatic carbocycles. The van der Waals surface area contributed by atoms with E-state index in [2.05, 4.69) is 0 Å². The maximum atomic E-state index is 12.9. The van der Waals surface area contributed by atoms with E-state index >= 15 is 0 Å². The summed E-state index contributed by atoms with van der Waals surface area (Å²) in [4.78, 5) is 15.4. The highest BCUT2D eigenvalue weighted by molar-refractivity contribution is 7.91. The van der Waals surface area contributed by atoms with Gasteiger partial charge in [-0.3, -0.25) is 4.79 Å². The van der Waals surface area contributed by atoms with Crippen molar-refractivity contribution in [2.75, 3.05) is 31.9 Å². The first-order chi connectivity index (χ1) is 14.2. The van der Waals surface area contributed by atoms with Crippen molar-refractivity contribution in [1.29, 1.82) is 0 Å². The molecule has 3 rings (SSSR count). The van der Waals surface area contributed by atoms with Gasteiger partial charge in [-0.15, -0.1) is 11.3 Å². The smallest absolute Gasteiger partial charge is 0.253 e. The molecule has 30 heavy (non-hydrogen) atoms. The lowest BCUT2D eigenvalue weighted by Crippen LogP contribution is -2.33. The molecule has 1 aliphatic rings. The summed E-state index contributed by atoms with van der Waals surface area (Å²) in [6.07, 6.45) is 0.350. The third-order valence-electron chi connectivity index (χ3n) is 5.33. The van der Waals surface area contributed by atoms with Crippen LogP contribution in [0, 0.1) is 0 Å². The van der Waals surface area contributed by atoms with E-state index in [0.717, 1.165) is 4.88 Å². The largest absolute Gasteiger partial charge is 0.338 e. The quantitative estimate of drug-likeness (QED) is 0.647. The van der Waals surface area contributed by atoms with Crippen LogP contribution in [0.3, 0.4) is 0 Å². The number of rotatable bonds is 6. The molecular formula is C20H26N2O5S3. The molecule has 2 aromatic rings. The van der Waals surface area contributed by atoms with Gasteiger partial charge in [0, 0.05) is 36.6 Å². The van der Waals surface area contributed by atoms with Gasteiger partial charge < -0.3 is 4.90 Å². The molecule has 0 N–H and O–H groups in total. The molecule has 0 aliphatic carbocycles. The Balaban J connectivity index is 1.77. The van der Waals surface area contributed by atoms with E-state index in [1.807, 2.05) is 17.5 Å². The number of sulfonamides is 1. The Morgan fingerprint density at radius 2 is 1.80 bits per heavy atom. The highest BCUT2D eigenvalue weighted by Gasteiger charge is 2.33. The second kappa shape index (κ2) is 9.17. The Hall–Kier alpha value is -1.75. The molecule has 164 valence electrons. The first-order valence-electron chi connectivity index (χ1n) is 9.85. The number of sulfone groups is 1. The Morgan fingerprint density at radius 3 is 2.37 bits per heavy atom. The lowest BCUT2D eigenvalue weighted by molar-refractivity contribution is 0.0766. The number of hydrogen-bond donors (Lipinski definition) is 0. The van der Waals surface area contributed by atoms with Gasteiger partial charge in [-0.2, -0.15) is 4.31 Å². The van der Waals surface area contributed by atoms with Crippen molar-refractivity contribution in [3.63, 3.8) is 0 Å². The van der Waals surface area contributed by atoms with E-state index in [0.29, 0.717) is 31.6 Å². The number of benzene rings is 1. The summed E-state index contributed by atoms with van der Waals surface area (Å²) in [5, 5.41) is 1.27. The predicted octanol–water partition coefficient (Wildman–Crippen LogP) is 2.78. The molecule has 1 amide bonds. The summed E-state index contributed by atoms with van der Waals surface area (Å²) in [6, 6.07) is 9.51. The predicted molar refractivity (Wildman–Crippen MR) is 118 cm³/mol. The van der Waals surface area contributed by atoms with E-state index in [1.165, 1.54) is 39.9 Å². The van der Waals surface area contributed by atoms with Crippen LogP contribution in [0.2, 0.25) is 0 Å². The van der Waals surface area contributed by atoms with Gasteiger partial charge in [0.2, 0.25) is 10.0 Å². The van der Waals surface area contributed by atoms with Gasteiger partial charge >= 0.3 is 0 Å². The molecule has 1 atom stereocenters. The normalized spacial score (nSPS) is 19.6. The molecule has 1 aromatic heterocycles. The van der Waals surface area contributed by atoms with Crippen LogP contribution in [0.5, 0.6) is 0 Å². The molecule has 1 unspecified atom stereocenters. The summed E-state index contributed by atoms with van der Waals surface area (Å²) in [7, 11) is -6.93. The van der Waals surface area contributed by atoms with E-state index in [4.69, 9.17) is 0 Å². The third kappa shape index (κ3) is 4.61. The highest BCUT2D eigenvalue weighted by atomic mass is 32.2. The summed E-state index contributed by atoms with van der Waals surface area (Å²) >= 11 is 1.41. The van der Waals surface area contributed by atoms with Gasteiger partial charge in [0.05, 0.1) is 15.9 Å². The summed E-state index contributed by atoms with van der Waals surface area (Å²) < 4.78 is 51.9. The first-order valence-corrected chi connectivity index (χ1v) is 13.9. The van der Waals surface area contributed by atoms with Crippen LogP contribution in [0.1, 0.15) is 40.8 Å². The van der Waals surface area contributed by atoms with Crippen LogP contribution in [0.4, 0.5) is 0 Å². The van der Waals surface area contributed by atoms with E-state index in [1.54, 1.807) is 18.7 Å². The Kier molecular flexibility index (Phi) is 7.01. The van der Waals surface area contributed by atoms with Gasteiger partial charge in [0.25, 0.3) is 5.91 Å². The van der Waals surface area contributed by atoms with Gasteiger partial charge in [-0.05, 0) is 42.1 Å². The Bertz CT molecular complexity index is 1070. The van der Waals surface area contributed by atoms with Crippen molar-refractivity contribution in [2.45, 2.75) is 30.4 Å². The van der Waals surface area contributed by atoms with Crippen LogP contribution in [0.15, 0.2) is 46.7 Å². The zero-order valence-electron chi connectivity index (χ0n) is 17.0. The van der Waals surface area contributed by atoms with Gasteiger partial charge in [-0.1, -0.05) is 19.9 Å². The van der Waals surface area contributed by atoms with Crippen molar-refractivity contribution in [1.82, 2.24) is 9.21 Å². The lowest BCUT2D eigenvalue weighted by atomic mass is 10.2. The SMILES string of the molecule is CCN(CC)S(=O)(=O)c1ccc(C(=O)N2CCC(c3cccs3)S(=O)(=O)CC2)cc1. The number of carbonyl (C=O) groups is 1. The molecule has 7 nitrogen and oxygen atoms in total. The van der Waals surface area contributed by atoms with Crippen LogP contribution in [0.25, 0.3) is 0 Å². The number of amides is 1. The van der Waals surface area contributed by atoms with Crippen LogP contribution in [-0.4, -0.2) is 63.9 Å². The van der Waals surface area contributed by atoms with Crippen molar-refractivity contribution in [2.24, 2.45) is 0 Å². The molecule has 0 saturated carbocycles. The fourth-order valence-corrected chi connectivity index (χ4v) is 8.07. The standard InChI is InChI=1S/C20H26N2O5S3/c1-3-22(4-2)30(26,27)17-9-7-16(8-10-17)20(23)21-12-11-19(18-6-5-14-28-18)29(24,25)15-13-21/h5-10,14,19H,3-4,11-13,15H2,1-2H3. The number of hydrogen-bond acceptors (Lipinski definition) is 6. The van der Waals surface area contributed by atoms with Gasteiger partial charge in [0.15, 0.2) is 9.84 Å². The van der Waals surface area contributed by atoms with Gasteiger partial charge in [-0.25, -0.2) is 16.8 Å². The Labute approximate surface area is 182 Å². The summed E-state index contributed by atoms with van der Waals surface area (Å²) in [5.41, 5.74) is 0.348. The highest BCUT2D eigenvalue weighted by Crippen LogP contribution is 2.32. The van der Waals surface area contributed by atoms with Gasteiger partial charge in [0.1, 0.15) is 0 Å². The molecule has 10 heteroatoms. The van der Waals surface area contributed by atoms with Crippen LogP contribution in [-0.2, 0) is 19.9 Å². The van der Waals surface area contributed by atoms with Crippen molar-refractivity contribution >= 4 is 37.1 Å². The maximum absolute atomic E-state index is 12.9. The molecule has 0 spiro atoms. The number of thiophene rings is 1. The van der Waals surface area contributed by atoms with E-state index in [9.17, 15) is 21.6 Å². The minimum absolute atomic E-state index is 0.0876. The molecule has 0 radical (unpaired) electrons. The maximum Gasteiger partial charge on any atom is 0.253 e.